The number of amides is 2. The first kappa shape index (κ1) is 17.1. The van der Waals surface area contributed by atoms with Crippen LogP contribution in [-0.2, 0) is 4.79 Å². The zero-order valence-electron chi connectivity index (χ0n) is 13.1. The Morgan fingerprint density at radius 1 is 1.08 bits per heavy atom. The number of nitrogens with one attached hydrogen (secondary N) is 1. The van der Waals surface area contributed by atoms with Crippen LogP contribution in [0.1, 0.15) is 23.2 Å². The summed E-state index contributed by atoms with van der Waals surface area (Å²) in [5, 5.41) is 2.28. The van der Waals surface area contributed by atoms with Gasteiger partial charge in [0.2, 0.25) is 5.91 Å². The average molecular weight is 352 g/mol. The van der Waals surface area contributed by atoms with Crippen molar-refractivity contribution >= 4 is 17.5 Å². The normalized spacial score (nSPS) is 15.2. The molecule has 1 aliphatic heterocycles. The second kappa shape index (κ2) is 7.00. The van der Waals surface area contributed by atoms with Crippen LogP contribution in [0.5, 0.6) is 0 Å². The van der Waals surface area contributed by atoms with Crippen molar-refractivity contribution in [2.24, 2.45) is 5.92 Å². The fraction of sp³-hybridized carbons (Fsp3) is 0.294. The lowest BCUT2D eigenvalue weighted by Crippen LogP contribution is -2.41. The molecule has 2 amide bonds. The summed E-state index contributed by atoms with van der Waals surface area (Å²) in [5.41, 5.74) is 0.0348. The van der Waals surface area contributed by atoms with Crippen LogP contribution in [0.3, 0.4) is 0 Å². The van der Waals surface area contributed by atoms with Crippen LogP contribution in [0.25, 0.3) is 0 Å². The highest BCUT2D eigenvalue weighted by molar-refractivity contribution is 5.95. The molecule has 0 aliphatic carbocycles. The quantitative estimate of drug-likeness (QED) is 0.863. The van der Waals surface area contributed by atoms with Crippen LogP contribution in [0, 0.1) is 23.4 Å². The molecule has 2 aromatic rings. The van der Waals surface area contributed by atoms with E-state index in [0.717, 1.165) is 12.1 Å². The van der Waals surface area contributed by atoms with Gasteiger partial charge in [-0.15, -0.1) is 0 Å². The number of hydrogen-bond acceptors (Lipinski definition) is 3. The van der Waals surface area contributed by atoms with Crippen molar-refractivity contribution in [3.63, 3.8) is 0 Å². The second-order valence-corrected chi connectivity index (χ2v) is 5.79. The summed E-state index contributed by atoms with van der Waals surface area (Å²) in [7, 11) is 0. The molecule has 5 nitrogen and oxygen atoms in total. The summed E-state index contributed by atoms with van der Waals surface area (Å²) in [6.07, 6.45) is 3.54. The molecule has 0 unspecified atom stereocenters. The molecule has 0 radical (unpaired) electrons. The van der Waals surface area contributed by atoms with Crippen molar-refractivity contribution in [2.45, 2.75) is 12.8 Å². The van der Waals surface area contributed by atoms with Crippen LogP contribution in [0.15, 0.2) is 35.1 Å². The molecule has 3 rings (SSSR count). The van der Waals surface area contributed by atoms with Gasteiger partial charge in [-0.1, -0.05) is 0 Å². The molecule has 132 valence electrons. The van der Waals surface area contributed by atoms with E-state index in [1.54, 1.807) is 11.0 Å². The Bertz CT molecular complexity index is 785. The van der Waals surface area contributed by atoms with Crippen LogP contribution >= 0.6 is 0 Å². The first-order valence-electron chi connectivity index (χ1n) is 7.73. The van der Waals surface area contributed by atoms with Gasteiger partial charge in [0, 0.05) is 19.0 Å². The standard InChI is InChI=1S/C17H15F3N2O3/c18-12-1-2-13(15(20)14(12)19)21-16(23)10-3-6-22(7-4-10)17(24)11-5-8-25-9-11/h1-2,5,8-10H,3-4,6-7H2,(H,21,23). The Morgan fingerprint density at radius 3 is 2.44 bits per heavy atom. The molecule has 1 aromatic carbocycles. The number of rotatable bonds is 3. The molecule has 1 saturated heterocycles. The maximum atomic E-state index is 13.6. The van der Waals surface area contributed by atoms with Crippen molar-refractivity contribution in [1.29, 1.82) is 0 Å². The summed E-state index contributed by atoms with van der Waals surface area (Å²) < 4.78 is 44.6. The number of hydrogen-bond donors (Lipinski definition) is 1. The van der Waals surface area contributed by atoms with E-state index in [0.29, 0.717) is 31.5 Å². The highest BCUT2D eigenvalue weighted by atomic mass is 19.2. The highest BCUT2D eigenvalue weighted by Gasteiger charge is 2.29. The first-order chi connectivity index (χ1) is 12.0. The lowest BCUT2D eigenvalue weighted by atomic mass is 9.95. The predicted octanol–water partition coefficient (Wildman–Crippen LogP) is 3.19. The van der Waals surface area contributed by atoms with Gasteiger partial charge in [0.1, 0.15) is 6.26 Å². The molecule has 0 saturated carbocycles. The van der Waals surface area contributed by atoms with Gasteiger partial charge in [-0.2, -0.15) is 0 Å². The summed E-state index contributed by atoms with van der Waals surface area (Å²) in [6, 6.07) is 3.29. The summed E-state index contributed by atoms with van der Waals surface area (Å²) >= 11 is 0. The van der Waals surface area contributed by atoms with E-state index in [1.165, 1.54) is 12.5 Å². The Balaban J connectivity index is 1.59. The molecule has 1 aliphatic rings. The molecule has 2 heterocycles. The molecular weight excluding hydrogens is 337 g/mol. The molecule has 1 fully saturated rings. The third kappa shape index (κ3) is 3.52. The Hall–Kier alpha value is -2.77. The van der Waals surface area contributed by atoms with E-state index >= 15 is 0 Å². The topological polar surface area (TPSA) is 62.6 Å². The lowest BCUT2D eigenvalue weighted by molar-refractivity contribution is -0.121. The van der Waals surface area contributed by atoms with Crippen molar-refractivity contribution < 1.29 is 27.2 Å². The van der Waals surface area contributed by atoms with E-state index in [4.69, 9.17) is 4.42 Å². The number of anilines is 1. The van der Waals surface area contributed by atoms with Gasteiger partial charge in [0.25, 0.3) is 5.91 Å². The fourth-order valence-corrected chi connectivity index (χ4v) is 2.77. The maximum Gasteiger partial charge on any atom is 0.257 e. The molecular formula is C17H15F3N2O3. The molecule has 0 spiro atoms. The molecule has 0 atom stereocenters. The van der Waals surface area contributed by atoms with Crippen LogP contribution < -0.4 is 5.32 Å². The largest absolute Gasteiger partial charge is 0.472 e. The van der Waals surface area contributed by atoms with Crippen molar-refractivity contribution in [1.82, 2.24) is 4.90 Å². The SMILES string of the molecule is O=C(Nc1ccc(F)c(F)c1F)C1CCN(C(=O)c2ccoc2)CC1. The second-order valence-electron chi connectivity index (χ2n) is 5.79. The molecule has 8 heteroatoms. The van der Waals surface area contributed by atoms with Crippen LogP contribution in [0.4, 0.5) is 18.9 Å². The minimum absolute atomic E-state index is 0.181. The Labute approximate surface area is 141 Å². The summed E-state index contributed by atoms with van der Waals surface area (Å²) in [4.78, 5) is 26.0. The van der Waals surface area contributed by atoms with Crippen molar-refractivity contribution in [2.75, 3.05) is 18.4 Å². The highest BCUT2D eigenvalue weighted by Crippen LogP contribution is 2.24. The maximum absolute atomic E-state index is 13.6. The zero-order valence-corrected chi connectivity index (χ0v) is 13.1. The van der Waals surface area contributed by atoms with Gasteiger partial charge in [-0.05, 0) is 31.0 Å². The third-order valence-electron chi connectivity index (χ3n) is 4.21. The number of likely N-dealkylation sites (tertiary alicyclic amines) is 1. The molecule has 1 N–H and O–H groups in total. The van der Waals surface area contributed by atoms with E-state index in [-0.39, 0.29) is 5.91 Å². The number of halogens is 3. The fourth-order valence-electron chi connectivity index (χ4n) is 2.77. The van der Waals surface area contributed by atoms with Gasteiger partial charge in [-0.25, -0.2) is 13.2 Å². The van der Waals surface area contributed by atoms with Gasteiger partial charge >= 0.3 is 0 Å². The molecule has 1 aromatic heterocycles. The smallest absolute Gasteiger partial charge is 0.257 e. The van der Waals surface area contributed by atoms with Crippen LogP contribution in [-0.4, -0.2) is 29.8 Å². The molecule has 25 heavy (non-hydrogen) atoms. The van der Waals surface area contributed by atoms with E-state index in [1.807, 2.05) is 0 Å². The van der Waals surface area contributed by atoms with E-state index in [9.17, 15) is 22.8 Å². The number of nitrogens with zero attached hydrogens (tertiary/aromatic N) is 1. The van der Waals surface area contributed by atoms with Crippen molar-refractivity contribution in [3.05, 3.63) is 53.7 Å². The zero-order chi connectivity index (χ0) is 18.0. The number of furan rings is 1. The van der Waals surface area contributed by atoms with Gasteiger partial charge in [-0.3, -0.25) is 9.59 Å². The van der Waals surface area contributed by atoms with Gasteiger partial charge in [0.05, 0.1) is 17.5 Å². The number of carbonyl (C=O) groups excluding carboxylic acids is 2. The monoisotopic (exact) mass is 352 g/mol. The number of piperidine rings is 1. The Morgan fingerprint density at radius 2 is 1.80 bits per heavy atom. The van der Waals surface area contributed by atoms with Gasteiger partial charge < -0.3 is 14.6 Å². The predicted molar refractivity (Wildman–Crippen MR) is 82.3 cm³/mol. The minimum atomic E-state index is -1.63. The summed E-state index contributed by atoms with van der Waals surface area (Å²) in [5.74, 6) is -5.48. The van der Waals surface area contributed by atoms with Crippen molar-refractivity contribution in [3.8, 4) is 0 Å². The van der Waals surface area contributed by atoms with Gasteiger partial charge in [0.15, 0.2) is 17.5 Å². The lowest BCUT2D eigenvalue weighted by Gasteiger charge is -2.31. The number of carbonyl (C=O) groups is 2. The summed E-state index contributed by atoms with van der Waals surface area (Å²) in [6.45, 7) is 0.727. The first-order valence-corrected chi connectivity index (χ1v) is 7.73. The van der Waals surface area contributed by atoms with E-state index in [2.05, 4.69) is 5.32 Å². The number of benzene rings is 1. The minimum Gasteiger partial charge on any atom is -0.472 e. The molecule has 0 bridgehead atoms. The van der Waals surface area contributed by atoms with Crippen LogP contribution in [0.2, 0.25) is 0 Å². The van der Waals surface area contributed by atoms with E-state index < -0.39 is 35.0 Å². The Kier molecular flexibility index (Phi) is 4.78. The third-order valence-corrected chi connectivity index (χ3v) is 4.21. The average Bonchev–Trinajstić information content (AvgIpc) is 3.16.